The van der Waals surface area contributed by atoms with Crippen molar-refractivity contribution in [2.24, 2.45) is 5.16 Å². The van der Waals surface area contributed by atoms with E-state index in [1.54, 1.807) is 6.92 Å². The summed E-state index contributed by atoms with van der Waals surface area (Å²) in [5.41, 5.74) is 3.89. The van der Waals surface area contributed by atoms with E-state index in [1.807, 2.05) is 24.3 Å². The van der Waals surface area contributed by atoms with E-state index in [-0.39, 0.29) is 0 Å². The summed E-state index contributed by atoms with van der Waals surface area (Å²) in [7, 11) is 0. The molecule has 0 bridgehead atoms. The van der Waals surface area contributed by atoms with Crippen molar-refractivity contribution in [3.8, 4) is 5.75 Å². The molecule has 0 amide bonds. The van der Waals surface area contributed by atoms with E-state index < -0.39 is 0 Å². The van der Waals surface area contributed by atoms with Gasteiger partial charge < -0.3 is 9.94 Å². The molecule has 0 aromatic heterocycles. The van der Waals surface area contributed by atoms with Crippen molar-refractivity contribution in [2.45, 2.75) is 26.9 Å². The SMILES string of the molecule is CCc1ccc(COc2cccc(C(C)=NO)c2)cc1. The Morgan fingerprint density at radius 1 is 1.10 bits per heavy atom. The van der Waals surface area contributed by atoms with Gasteiger partial charge in [-0.05, 0) is 36.6 Å². The maximum Gasteiger partial charge on any atom is 0.120 e. The predicted octanol–water partition coefficient (Wildman–Crippen LogP) is 4.03. The van der Waals surface area contributed by atoms with Crippen molar-refractivity contribution in [1.29, 1.82) is 0 Å². The number of oxime groups is 1. The Bertz CT molecular complexity index is 588. The molecule has 0 saturated heterocycles. The van der Waals surface area contributed by atoms with Crippen molar-refractivity contribution in [3.05, 3.63) is 65.2 Å². The van der Waals surface area contributed by atoms with Crippen molar-refractivity contribution in [1.82, 2.24) is 0 Å². The van der Waals surface area contributed by atoms with Crippen molar-refractivity contribution in [3.63, 3.8) is 0 Å². The molecule has 0 unspecified atom stereocenters. The Hall–Kier alpha value is -2.29. The molecule has 0 spiro atoms. The van der Waals surface area contributed by atoms with E-state index in [1.165, 1.54) is 5.56 Å². The molecule has 0 fully saturated rings. The van der Waals surface area contributed by atoms with Gasteiger partial charge >= 0.3 is 0 Å². The molecule has 3 nitrogen and oxygen atoms in total. The summed E-state index contributed by atoms with van der Waals surface area (Å²) in [5, 5.41) is 12.0. The number of hydrogen-bond donors (Lipinski definition) is 1. The van der Waals surface area contributed by atoms with Gasteiger partial charge in [-0.3, -0.25) is 0 Å². The van der Waals surface area contributed by atoms with Crippen LogP contribution in [0.2, 0.25) is 0 Å². The molecular weight excluding hydrogens is 250 g/mol. The Labute approximate surface area is 119 Å². The molecule has 3 heteroatoms. The van der Waals surface area contributed by atoms with E-state index in [9.17, 15) is 0 Å². The van der Waals surface area contributed by atoms with Crippen LogP contribution in [0.25, 0.3) is 0 Å². The van der Waals surface area contributed by atoms with E-state index in [2.05, 4.69) is 36.3 Å². The van der Waals surface area contributed by atoms with Crippen LogP contribution in [0.15, 0.2) is 53.7 Å². The monoisotopic (exact) mass is 269 g/mol. The highest BCUT2D eigenvalue weighted by Gasteiger charge is 2.01. The van der Waals surface area contributed by atoms with Crippen LogP contribution in [0.4, 0.5) is 0 Å². The lowest BCUT2D eigenvalue weighted by Gasteiger charge is -2.08. The van der Waals surface area contributed by atoms with Gasteiger partial charge in [0.1, 0.15) is 12.4 Å². The second-order valence-corrected chi connectivity index (χ2v) is 4.67. The fourth-order valence-corrected chi connectivity index (χ4v) is 1.91. The number of aryl methyl sites for hydroxylation is 1. The van der Waals surface area contributed by atoms with Crippen LogP contribution in [-0.2, 0) is 13.0 Å². The minimum Gasteiger partial charge on any atom is -0.489 e. The van der Waals surface area contributed by atoms with Gasteiger partial charge in [0, 0.05) is 5.56 Å². The molecule has 2 aromatic rings. The molecule has 0 aliphatic heterocycles. The Morgan fingerprint density at radius 2 is 1.80 bits per heavy atom. The van der Waals surface area contributed by atoms with Gasteiger partial charge in [-0.2, -0.15) is 0 Å². The first-order valence-electron chi connectivity index (χ1n) is 6.72. The molecule has 1 N–H and O–H groups in total. The van der Waals surface area contributed by atoms with Crippen molar-refractivity contribution in [2.75, 3.05) is 0 Å². The molecule has 2 rings (SSSR count). The summed E-state index contributed by atoms with van der Waals surface area (Å²) < 4.78 is 5.76. The number of nitrogens with zero attached hydrogens (tertiary/aromatic N) is 1. The third kappa shape index (κ3) is 3.60. The summed E-state index contributed by atoms with van der Waals surface area (Å²) in [6.07, 6.45) is 1.04. The van der Waals surface area contributed by atoms with E-state index in [4.69, 9.17) is 9.94 Å². The van der Waals surface area contributed by atoms with Crippen LogP contribution < -0.4 is 4.74 Å². The molecule has 0 heterocycles. The van der Waals surface area contributed by atoms with Gasteiger partial charge in [0.25, 0.3) is 0 Å². The quantitative estimate of drug-likeness (QED) is 0.506. The van der Waals surface area contributed by atoms with Crippen LogP contribution >= 0.6 is 0 Å². The first kappa shape index (κ1) is 14.1. The van der Waals surface area contributed by atoms with Crippen LogP contribution in [0.3, 0.4) is 0 Å². The van der Waals surface area contributed by atoms with Crippen LogP contribution in [-0.4, -0.2) is 10.9 Å². The fourth-order valence-electron chi connectivity index (χ4n) is 1.91. The largest absolute Gasteiger partial charge is 0.489 e. The van der Waals surface area contributed by atoms with Gasteiger partial charge in [-0.15, -0.1) is 0 Å². The Kier molecular flexibility index (Phi) is 4.77. The van der Waals surface area contributed by atoms with E-state index in [0.29, 0.717) is 12.3 Å². The summed E-state index contributed by atoms with van der Waals surface area (Å²) >= 11 is 0. The smallest absolute Gasteiger partial charge is 0.120 e. The third-order valence-electron chi connectivity index (χ3n) is 3.24. The molecule has 20 heavy (non-hydrogen) atoms. The number of benzene rings is 2. The molecule has 0 aliphatic rings. The van der Waals surface area contributed by atoms with Gasteiger partial charge in [-0.25, -0.2) is 0 Å². The Balaban J connectivity index is 2.03. The maximum atomic E-state index is 8.78. The highest BCUT2D eigenvalue weighted by molar-refractivity contribution is 5.98. The standard InChI is InChI=1S/C17H19NO2/c1-3-14-7-9-15(10-8-14)12-20-17-6-4-5-16(11-17)13(2)18-19/h4-11,19H,3,12H2,1-2H3. The zero-order valence-corrected chi connectivity index (χ0v) is 11.8. The maximum absolute atomic E-state index is 8.78. The second-order valence-electron chi connectivity index (χ2n) is 4.67. The number of ether oxygens (including phenoxy) is 1. The van der Waals surface area contributed by atoms with Gasteiger partial charge in [0.2, 0.25) is 0 Å². The fraction of sp³-hybridized carbons (Fsp3) is 0.235. The molecule has 0 saturated carbocycles. The van der Waals surface area contributed by atoms with Gasteiger partial charge in [-0.1, -0.05) is 48.5 Å². The van der Waals surface area contributed by atoms with E-state index >= 15 is 0 Å². The predicted molar refractivity (Wildman–Crippen MR) is 80.6 cm³/mol. The lowest BCUT2D eigenvalue weighted by molar-refractivity contribution is 0.306. The molecule has 104 valence electrons. The van der Waals surface area contributed by atoms with Gasteiger partial charge in [0.05, 0.1) is 5.71 Å². The van der Waals surface area contributed by atoms with Crippen molar-refractivity contribution >= 4 is 5.71 Å². The highest BCUT2D eigenvalue weighted by atomic mass is 16.5. The average molecular weight is 269 g/mol. The highest BCUT2D eigenvalue weighted by Crippen LogP contribution is 2.16. The topological polar surface area (TPSA) is 41.8 Å². The summed E-state index contributed by atoms with van der Waals surface area (Å²) in [4.78, 5) is 0. The first-order valence-corrected chi connectivity index (χ1v) is 6.72. The number of hydrogen-bond acceptors (Lipinski definition) is 3. The molecular formula is C17H19NO2. The van der Waals surface area contributed by atoms with E-state index in [0.717, 1.165) is 23.3 Å². The zero-order chi connectivity index (χ0) is 14.4. The van der Waals surface area contributed by atoms with Crippen LogP contribution in [0.1, 0.15) is 30.5 Å². The summed E-state index contributed by atoms with van der Waals surface area (Å²) in [6.45, 7) is 4.42. The summed E-state index contributed by atoms with van der Waals surface area (Å²) in [6, 6.07) is 16.0. The zero-order valence-electron chi connectivity index (χ0n) is 11.8. The Morgan fingerprint density at radius 3 is 2.45 bits per heavy atom. The van der Waals surface area contributed by atoms with Crippen LogP contribution in [0.5, 0.6) is 5.75 Å². The van der Waals surface area contributed by atoms with Crippen molar-refractivity contribution < 1.29 is 9.94 Å². The number of rotatable bonds is 5. The minimum absolute atomic E-state index is 0.531. The average Bonchev–Trinajstić information content (AvgIpc) is 2.53. The normalized spacial score (nSPS) is 11.4. The molecule has 0 atom stereocenters. The van der Waals surface area contributed by atoms with Gasteiger partial charge in [0.15, 0.2) is 0 Å². The second kappa shape index (κ2) is 6.75. The summed E-state index contributed by atoms with van der Waals surface area (Å²) in [5.74, 6) is 0.769. The first-order chi connectivity index (χ1) is 9.72. The molecule has 2 aromatic carbocycles. The lowest BCUT2D eigenvalue weighted by atomic mass is 10.1. The molecule has 0 radical (unpaired) electrons. The molecule has 0 aliphatic carbocycles. The lowest BCUT2D eigenvalue weighted by Crippen LogP contribution is -1.98. The third-order valence-corrected chi connectivity index (χ3v) is 3.24. The van der Waals surface area contributed by atoms with Crippen LogP contribution in [0, 0.1) is 0 Å². The minimum atomic E-state index is 0.531.